The van der Waals surface area contributed by atoms with Crippen LogP contribution in [0.3, 0.4) is 0 Å². The zero-order chi connectivity index (χ0) is 30.0. The van der Waals surface area contributed by atoms with Crippen LogP contribution in [-0.4, -0.2) is 73.1 Å². The number of fused-ring (bicyclic) bond motifs is 1. The van der Waals surface area contributed by atoms with Crippen LogP contribution in [-0.2, 0) is 22.2 Å². The van der Waals surface area contributed by atoms with Gasteiger partial charge in [-0.3, -0.25) is 14.6 Å². The van der Waals surface area contributed by atoms with Crippen LogP contribution in [0.4, 0.5) is 18.9 Å². The van der Waals surface area contributed by atoms with Gasteiger partial charge in [0.05, 0.1) is 55.7 Å². The molecule has 0 aliphatic carbocycles. The summed E-state index contributed by atoms with van der Waals surface area (Å²) < 4.78 is 39.8. The van der Waals surface area contributed by atoms with Gasteiger partial charge in [-0.05, 0) is 42.7 Å². The number of anilines is 1. The van der Waals surface area contributed by atoms with Gasteiger partial charge in [-0.15, -0.1) is 0 Å². The van der Waals surface area contributed by atoms with Crippen LogP contribution in [0.5, 0.6) is 0 Å². The molecule has 2 aromatic carbocycles. The molecule has 2 amide bonds. The summed E-state index contributed by atoms with van der Waals surface area (Å²) >= 11 is 0. The Morgan fingerprint density at radius 1 is 0.976 bits per heavy atom. The number of aromatic nitrogens is 1. The molecule has 222 valence electrons. The van der Waals surface area contributed by atoms with Crippen LogP contribution >= 0.6 is 0 Å². The highest BCUT2D eigenvalue weighted by Gasteiger charge is 2.31. The molecule has 0 aliphatic heterocycles. The van der Waals surface area contributed by atoms with E-state index in [9.17, 15) is 22.8 Å². The maximum Gasteiger partial charge on any atom is 0.416 e. The summed E-state index contributed by atoms with van der Waals surface area (Å²) in [5, 5.41) is 6.27. The first-order valence-electron chi connectivity index (χ1n) is 13.6. The lowest BCUT2D eigenvalue weighted by Crippen LogP contribution is -2.52. The highest BCUT2D eigenvalue weighted by Crippen LogP contribution is 2.29. The van der Waals surface area contributed by atoms with Crippen LogP contribution in [0.25, 0.3) is 10.9 Å². The highest BCUT2D eigenvalue weighted by molar-refractivity contribution is 5.99. The molecule has 0 saturated heterocycles. The lowest BCUT2D eigenvalue weighted by atomic mass is 10.0. The van der Waals surface area contributed by atoms with Crippen molar-refractivity contribution in [2.75, 3.05) is 45.1 Å². The maximum absolute atomic E-state index is 13.3. The van der Waals surface area contributed by atoms with Crippen molar-refractivity contribution in [1.29, 1.82) is 0 Å². The van der Waals surface area contributed by atoms with Crippen LogP contribution in [0.1, 0.15) is 24.0 Å². The van der Waals surface area contributed by atoms with Gasteiger partial charge in [0.1, 0.15) is 6.04 Å². The molecule has 0 saturated carbocycles. The predicted octanol–water partition coefficient (Wildman–Crippen LogP) is 2.39. The van der Waals surface area contributed by atoms with E-state index >= 15 is 0 Å². The molecule has 12 heteroatoms. The van der Waals surface area contributed by atoms with Crippen molar-refractivity contribution in [3.63, 3.8) is 0 Å². The highest BCUT2D eigenvalue weighted by atomic mass is 19.4. The van der Waals surface area contributed by atoms with Crippen molar-refractivity contribution in [2.45, 2.75) is 37.5 Å². The number of amides is 2. The average Bonchev–Trinajstić information content (AvgIpc) is 2.92. The number of benzene rings is 2. The third kappa shape index (κ3) is 9.49. The summed E-state index contributed by atoms with van der Waals surface area (Å²) in [4.78, 5) is 30.7. The van der Waals surface area contributed by atoms with E-state index < -0.39 is 35.6 Å². The molecular formula is C29H39F3N7O2+. The summed E-state index contributed by atoms with van der Waals surface area (Å²) in [6, 6.07) is 11.6. The topological polar surface area (TPSA) is 149 Å². The summed E-state index contributed by atoms with van der Waals surface area (Å²) in [7, 11) is 2.05. The second kappa shape index (κ2) is 14.4. The fraction of sp³-hybridized carbons (Fsp3) is 0.414. The molecule has 3 rings (SSSR count). The molecule has 2 atom stereocenters. The standard InChI is InChI=1S/C29H38F3N7O2/c1-39(15-12-33,16-13-34)14-4-6-24(35)27(40)38-26(17-20-8-10-22(11-9-20)29(30,31)32)28(41)37-23-18-21-5-2-3-7-25(21)36-19-23/h2-3,5,7-11,18-19,24,26H,4,6,12-17,33-35H2,1H3,(H-,37,38,40,41)/p+1/t24-,26+/m0/s1. The van der Waals surface area contributed by atoms with Crippen molar-refractivity contribution in [2.24, 2.45) is 17.2 Å². The van der Waals surface area contributed by atoms with Crippen molar-refractivity contribution < 1.29 is 27.2 Å². The Labute approximate surface area is 237 Å². The molecule has 0 unspecified atom stereocenters. The van der Waals surface area contributed by atoms with Gasteiger partial charge in [-0.2, -0.15) is 13.2 Å². The molecule has 0 spiro atoms. The number of nitrogens with zero attached hydrogens (tertiary/aromatic N) is 2. The largest absolute Gasteiger partial charge is 0.416 e. The van der Waals surface area contributed by atoms with Crippen LogP contribution in [0.15, 0.2) is 60.8 Å². The van der Waals surface area contributed by atoms with Gasteiger partial charge in [-0.1, -0.05) is 30.3 Å². The molecule has 8 N–H and O–H groups in total. The zero-order valence-electron chi connectivity index (χ0n) is 23.2. The number of hydrogen-bond donors (Lipinski definition) is 5. The van der Waals surface area contributed by atoms with Gasteiger partial charge in [0, 0.05) is 24.9 Å². The van der Waals surface area contributed by atoms with Gasteiger partial charge >= 0.3 is 6.18 Å². The monoisotopic (exact) mass is 574 g/mol. The number of para-hydroxylation sites is 1. The third-order valence-electron chi connectivity index (χ3n) is 7.10. The van der Waals surface area contributed by atoms with Crippen LogP contribution in [0, 0.1) is 0 Å². The number of pyridine rings is 1. The summed E-state index contributed by atoms with van der Waals surface area (Å²) in [6.07, 6.45) is -2.00. The quantitative estimate of drug-likeness (QED) is 0.187. The van der Waals surface area contributed by atoms with Crippen LogP contribution in [0.2, 0.25) is 0 Å². The van der Waals surface area contributed by atoms with E-state index in [2.05, 4.69) is 22.7 Å². The lowest BCUT2D eigenvalue weighted by Gasteiger charge is -2.34. The van der Waals surface area contributed by atoms with Gasteiger partial charge in [-0.25, -0.2) is 0 Å². The Balaban J connectivity index is 1.72. The number of nitrogens with one attached hydrogen (secondary N) is 2. The third-order valence-corrected chi connectivity index (χ3v) is 7.10. The Bertz CT molecular complexity index is 1300. The second-order valence-corrected chi connectivity index (χ2v) is 10.5. The van der Waals surface area contributed by atoms with E-state index in [0.717, 1.165) is 42.7 Å². The number of alkyl halides is 3. The zero-order valence-corrected chi connectivity index (χ0v) is 23.2. The van der Waals surface area contributed by atoms with Crippen molar-refractivity contribution >= 4 is 28.4 Å². The van der Waals surface area contributed by atoms with Gasteiger partial charge in [0.2, 0.25) is 11.8 Å². The number of carbonyl (C=O) groups excluding carboxylic acids is 2. The number of halogens is 3. The van der Waals surface area contributed by atoms with Crippen LogP contribution < -0.4 is 27.8 Å². The number of nitrogens with two attached hydrogens (primary N) is 3. The lowest BCUT2D eigenvalue weighted by molar-refractivity contribution is -0.907. The van der Waals surface area contributed by atoms with E-state index in [0.29, 0.717) is 41.7 Å². The number of rotatable bonds is 14. The molecule has 1 heterocycles. The predicted molar refractivity (Wildman–Crippen MR) is 154 cm³/mol. The molecule has 3 aromatic rings. The number of quaternary nitrogens is 1. The smallest absolute Gasteiger partial charge is 0.343 e. The molecule has 0 aliphatic rings. The van der Waals surface area contributed by atoms with Crippen molar-refractivity contribution in [3.8, 4) is 0 Å². The van der Waals surface area contributed by atoms with Crippen molar-refractivity contribution in [1.82, 2.24) is 10.3 Å². The summed E-state index contributed by atoms with van der Waals surface area (Å²) in [5.74, 6) is -1.07. The molecule has 41 heavy (non-hydrogen) atoms. The SMILES string of the molecule is C[N+](CCN)(CCN)CCC[C@H](N)C(=O)N[C@H](Cc1ccc(C(F)(F)F)cc1)C(=O)Nc1cnc2ccccc2c1. The van der Waals surface area contributed by atoms with E-state index in [-0.39, 0.29) is 6.42 Å². The van der Waals surface area contributed by atoms with E-state index in [4.69, 9.17) is 17.2 Å². The minimum atomic E-state index is -4.48. The molecular weight excluding hydrogens is 535 g/mol. The fourth-order valence-electron chi connectivity index (χ4n) is 4.71. The van der Waals surface area contributed by atoms with Crippen molar-refractivity contribution in [3.05, 3.63) is 71.9 Å². The molecule has 0 radical (unpaired) electrons. The second-order valence-electron chi connectivity index (χ2n) is 10.5. The first-order valence-corrected chi connectivity index (χ1v) is 13.6. The maximum atomic E-state index is 13.3. The Morgan fingerprint density at radius 2 is 1.63 bits per heavy atom. The molecule has 0 fully saturated rings. The molecule has 1 aromatic heterocycles. The Kier molecular flexibility index (Phi) is 11.2. The Morgan fingerprint density at radius 3 is 2.27 bits per heavy atom. The average molecular weight is 575 g/mol. The number of likely N-dealkylation sites (N-methyl/N-ethyl adjacent to an activating group) is 1. The molecule has 0 bridgehead atoms. The minimum absolute atomic E-state index is 0.0363. The number of carbonyl (C=O) groups is 2. The fourth-order valence-corrected chi connectivity index (χ4v) is 4.71. The summed E-state index contributed by atoms with van der Waals surface area (Å²) in [5.41, 5.74) is 18.5. The first-order chi connectivity index (χ1) is 19.4. The van der Waals surface area contributed by atoms with Gasteiger partial charge in [0.25, 0.3) is 0 Å². The number of hydrogen-bond acceptors (Lipinski definition) is 6. The van der Waals surface area contributed by atoms with E-state index in [1.165, 1.54) is 18.3 Å². The van der Waals surface area contributed by atoms with Gasteiger partial charge < -0.3 is 32.3 Å². The van der Waals surface area contributed by atoms with E-state index in [1.807, 2.05) is 24.3 Å². The first kappa shape index (κ1) is 31.9. The molecule has 9 nitrogen and oxygen atoms in total. The van der Waals surface area contributed by atoms with Gasteiger partial charge in [0.15, 0.2) is 0 Å². The van der Waals surface area contributed by atoms with E-state index in [1.54, 1.807) is 6.07 Å². The summed E-state index contributed by atoms with van der Waals surface area (Å²) in [6.45, 7) is 3.25. The Hall–Kier alpha value is -3.58. The normalized spacial score (nSPS) is 13.5. The minimum Gasteiger partial charge on any atom is -0.343 e.